The highest BCUT2D eigenvalue weighted by Gasteiger charge is 2.34. The van der Waals surface area contributed by atoms with E-state index < -0.39 is 0 Å². The van der Waals surface area contributed by atoms with Gasteiger partial charge in [-0.3, -0.25) is 4.98 Å². The minimum Gasteiger partial charge on any atom is -0.367 e. The van der Waals surface area contributed by atoms with Gasteiger partial charge in [0.05, 0.1) is 0 Å². The summed E-state index contributed by atoms with van der Waals surface area (Å²) in [6, 6.07) is 4.46. The maximum atomic E-state index is 4.52. The molecule has 0 spiro atoms. The molecule has 2 aromatic rings. The van der Waals surface area contributed by atoms with Gasteiger partial charge < -0.3 is 5.32 Å². The van der Waals surface area contributed by atoms with Crippen molar-refractivity contribution in [1.82, 2.24) is 15.0 Å². The summed E-state index contributed by atoms with van der Waals surface area (Å²) in [4.78, 5) is 13.0. The first-order chi connectivity index (χ1) is 8.65. The summed E-state index contributed by atoms with van der Waals surface area (Å²) in [6.45, 7) is 4.64. The Balaban J connectivity index is 1.87. The summed E-state index contributed by atoms with van der Waals surface area (Å²) in [6.07, 6.45) is 7.15. The fourth-order valence-electron chi connectivity index (χ4n) is 2.71. The quantitative estimate of drug-likeness (QED) is 0.879. The third-order valence-electron chi connectivity index (χ3n) is 3.91. The fraction of sp³-hybridized carbons (Fsp3) is 0.500. The minimum atomic E-state index is 0.346. The highest BCUT2D eigenvalue weighted by Crippen LogP contribution is 2.38. The number of aromatic nitrogens is 3. The molecule has 2 aromatic heterocycles. The molecular formula is C14H18N4. The topological polar surface area (TPSA) is 50.7 Å². The largest absolute Gasteiger partial charge is 0.367 e. The van der Waals surface area contributed by atoms with Crippen LogP contribution in [0.25, 0.3) is 11.2 Å². The zero-order valence-corrected chi connectivity index (χ0v) is 10.8. The number of rotatable bonds is 2. The molecule has 18 heavy (non-hydrogen) atoms. The smallest absolute Gasteiger partial charge is 0.180 e. The van der Waals surface area contributed by atoms with Crippen LogP contribution < -0.4 is 5.32 Å². The third-order valence-corrected chi connectivity index (χ3v) is 3.91. The normalized spacial score (nSPS) is 22.2. The first-order valence-corrected chi connectivity index (χ1v) is 6.49. The van der Waals surface area contributed by atoms with E-state index in [-0.39, 0.29) is 0 Å². The van der Waals surface area contributed by atoms with Gasteiger partial charge >= 0.3 is 0 Å². The van der Waals surface area contributed by atoms with E-state index in [1.165, 1.54) is 19.3 Å². The molecule has 3 rings (SSSR count). The maximum absolute atomic E-state index is 4.52. The van der Waals surface area contributed by atoms with Gasteiger partial charge in [0.25, 0.3) is 0 Å². The number of hydrogen-bond donors (Lipinski definition) is 1. The van der Waals surface area contributed by atoms with Crippen LogP contribution in [0.4, 0.5) is 5.82 Å². The van der Waals surface area contributed by atoms with Crippen LogP contribution in [0.15, 0.2) is 24.5 Å². The molecule has 1 aliphatic carbocycles. The second-order valence-corrected chi connectivity index (χ2v) is 5.67. The van der Waals surface area contributed by atoms with Gasteiger partial charge in [-0.2, -0.15) is 0 Å². The van der Waals surface area contributed by atoms with Crippen molar-refractivity contribution in [2.45, 2.75) is 39.2 Å². The Morgan fingerprint density at radius 2 is 2.06 bits per heavy atom. The van der Waals surface area contributed by atoms with Gasteiger partial charge in [-0.05, 0) is 30.4 Å². The zero-order chi connectivity index (χ0) is 12.6. The Morgan fingerprint density at radius 3 is 2.83 bits per heavy atom. The highest BCUT2D eigenvalue weighted by molar-refractivity contribution is 5.71. The molecule has 0 bridgehead atoms. The van der Waals surface area contributed by atoms with Crippen molar-refractivity contribution < 1.29 is 0 Å². The molecule has 1 N–H and O–H groups in total. The van der Waals surface area contributed by atoms with Crippen LogP contribution in [0.2, 0.25) is 0 Å². The molecule has 0 aliphatic heterocycles. The Bertz CT molecular complexity index is 564. The van der Waals surface area contributed by atoms with Gasteiger partial charge in [-0.25, -0.2) is 9.97 Å². The SMILES string of the molecule is CC1(C)CCCC1Nc1ccc2nccnc2n1. The lowest BCUT2D eigenvalue weighted by molar-refractivity contribution is 0.349. The van der Waals surface area contributed by atoms with Crippen LogP contribution in [0.3, 0.4) is 0 Å². The average Bonchev–Trinajstić information content (AvgIpc) is 2.69. The van der Waals surface area contributed by atoms with Crippen molar-refractivity contribution >= 4 is 17.0 Å². The van der Waals surface area contributed by atoms with Gasteiger partial charge in [0.1, 0.15) is 11.3 Å². The lowest BCUT2D eigenvalue weighted by atomic mass is 9.87. The van der Waals surface area contributed by atoms with Crippen molar-refractivity contribution in [3.05, 3.63) is 24.5 Å². The Hall–Kier alpha value is -1.71. The predicted molar refractivity (Wildman–Crippen MR) is 72.4 cm³/mol. The van der Waals surface area contributed by atoms with E-state index in [0.29, 0.717) is 17.1 Å². The molecule has 1 unspecified atom stereocenters. The second-order valence-electron chi connectivity index (χ2n) is 5.67. The average molecular weight is 242 g/mol. The number of nitrogens with one attached hydrogen (secondary N) is 1. The van der Waals surface area contributed by atoms with Crippen molar-refractivity contribution in [3.63, 3.8) is 0 Å². The molecule has 0 saturated heterocycles. The minimum absolute atomic E-state index is 0.346. The van der Waals surface area contributed by atoms with Crippen LogP contribution in [-0.2, 0) is 0 Å². The van der Waals surface area contributed by atoms with Crippen molar-refractivity contribution in [1.29, 1.82) is 0 Å². The molecule has 0 radical (unpaired) electrons. The van der Waals surface area contributed by atoms with E-state index >= 15 is 0 Å². The molecule has 2 heterocycles. The summed E-state index contributed by atoms with van der Waals surface area (Å²) >= 11 is 0. The highest BCUT2D eigenvalue weighted by atomic mass is 15.1. The monoisotopic (exact) mass is 242 g/mol. The van der Waals surface area contributed by atoms with E-state index in [4.69, 9.17) is 0 Å². The lowest BCUT2D eigenvalue weighted by Gasteiger charge is -2.28. The van der Waals surface area contributed by atoms with Gasteiger partial charge in [-0.1, -0.05) is 20.3 Å². The number of fused-ring (bicyclic) bond motifs is 1. The molecule has 4 nitrogen and oxygen atoms in total. The Kier molecular flexibility index (Phi) is 2.65. The third kappa shape index (κ3) is 2.03. The van der Waals surface area contributed by atoms with E-state index in [1.54, 1.807) is 12.4 Å². The predicted octanol–water partition coefficient (Wildman–Crippen LogP) is 3.02. The van der Waals surface area contributed by atoms with Crippen LogP contribution in [0, 0.1) is 5.41 Å². The number of anilines is 1. The molecule has 4 heteroatoms. The van der Waals surface area contributed by atoms with Gasteiger partial charge in [-0.15, -0.1) is 0 Å². The summed E-state index contributed by atoms with van der Waals surface area (Å²) in [5.74, 6) is 0.906. The van der Waals surface area contributed by atoms with Crippen molar-refractivity contribution in [2.24, 2.45) is 5.41 Å². The summed E-state index contributed by atoms with van der Waals surface area (Å²) in [5, 5.41) is 3.54. The summed E-state index contributed by atoms with van der Waals surface area (Å²) in [7, 11) is 0. The summed E-state index contributed by atoms with van der Waals surface area (Å²) in [5.41, 5.74) is 1.89. The zero-order valence-electron chi connectivity index (χ0n) is 10.8. The first kappa shape index (κ1) is 11.4. The van der Waals surface area contributed by atoms with Gasteiger partial charge in [0.2, 0.25) is 0 Å². The number of hydrogen-bond acceptors (Lipinski definition) is 4. The van der Waals surface area contributed by atoms with Gasteiger partial charge in [0, 0.05) is 18.4 Å². The first-order valence-electron chi connectivity index (χ1n) is 6.49. The second kappa shape index (κ2) is 4.19. The lowest BCUT2D eigenvalue weighted by Crippen LogP contribution is -2.31. The van der Waals surface area contributed by atoms with E-state index in [2.05, 4.69) is 34.1 Å². The van der Waals surface area contributed by atoms with Crippen LogP contribution in [0.1, 0.15) is 33.1 Å². The van der Waals surface area contributed by atoms with E-state index in [1.807, 2.05) is 12.1 Å². The standard InChI is InChI=1S/C14H18N4/c1-14(2)7-3-4-11(14)17-12-6-5-10-13(18-12)16-9-8-15-10/h5-6,8-9,11H,3-4,7H2,1-2H3,(H,16,17,18). The van der Waals surface area contributed by atoms with Crippen molar-refractivity contribution in [3.8, 4) is 0 Å². The molecule has 1 fully saturated rings. The number of pyridine rings is 1. The summed E-state index contributed by atoms with van der Waals surface area (Å²) < 4.78 is 0. The van der Waals surface area contributed by atoms with Crippen molar-refractivity contribution in [2.75, 3.05) is 5.32 Å². The molecule has 94 valence electrons. The molecule has 0 amide bonds. The Labute approximate surface area is 107 Å². The van der Waals surface area contributed by atoms with E-state index in [9.17, 15) is 0 Å². The molecular weight excluding hydrogens is 224 g/mol. The molecule has 0 aromatic carbocycles. The van der Waals surface area contributed by atoms with Crippen LogP contribution in [0.5, 0.6) is 0 Å². The molecule has 1 aliphatic rings. The maximum Gasteiger partial charge on any atom is 0.180 e. The van der Waals surface area contributed by atoms with E-state index in [0.717, 1.165) is 11.3 Å². The van der Waals surface area contributed by atoms with Crippen LogP contribution in [-0.4, -0.2) is 21.0 Å². The molecule has 1 atom stereocenters. The number of nitrogens with zero attached hydrogens (tertiary/aromatic N) is 3. The molecule has 1 saturated carbocycles. The van der Waals surface area contributed by atoms with Gasteiger partial charge in [0.15, 0.2) is 5.65 Å². The van der Waals surface area contributed by atoms with Crippen LogP contribution >= 0.6 is 0 Å². The fourth-order valence-corrected chi connectivity index (χ4v) is 2.71. The Morgan fingerprint density at radius 1 is 1.22 bits per heavy atom.